The van der Waals surface area contributed by atoms with E-state index >= 15 is 0 Å². The Bertz CT molecular complexity index is 528. The van der Waals surface area contributed by atoms with Crippen LogP contribution in [0.25, 0.3) is 5.65 Å². The van der Waals surface area contributed by atoms with Gasteiger partial charge in [0.15, 0.2) is 0 Å². The third-order valence-corrected chi connectivity index (χ3v) is 3.68. The number of fused-ring (bicyclic) bond motifs is 1. The summed E-state index contributed by atoms with van der Waals surface area (Å²) >= 11 is 0. The molecule has 19 heavy (non-hydrogen) atoms. The molecule has 1 aliphatic rings. The Labute approximate surface area is 113 Å². The number of aromatic nitrogens is 2. The summed E-state index contributed by atoms with van der Waals surface area (Å²) in [6.07, 6.45) is 6.26. The fourth-order valence-electron chi connectivity index (χ4n) is 2.73. The Balaban J connectivity index is 1.62. The van der Waals surface area contributed by atoms with Gasteiger partial charge in [-0.2, -0.15) is 0 Å². The van der Waals surface area contributed by atoms with Crippen molar-refractivity contribution >= 4 is 5.65 Å². The molecule has 2 aromatic rings. The third-order valence-electron chi connectivity index (χ3n) is 3.68. The van der Waals surface area contributed by atoms with Crippen molar-refractivity contribution in [2.24, 2.45) is 0 Å². The number of rotatable bonds is 3. The minimum absolute atomic E-state index is 0.00513. The van der Waals surface area contributed by atoms with Crippen LogP contribution >= 0.6 is 0 Å². The number of hydrogen-bond donors (Lipinski definition) is 1. The second-order valence-electron chi connectivity index (χ2n) is 5.88. The predicted molar refractivity (Wildman–Crippen MR) is 75.1 cm³/mol. The molecular formula is C15H21N3O. The predicted octanol–water partition coefficient (Wildman–Crippen LogP) is 2.38. The van der Waals surface area contributed by atoms with E-state index in [0.717, 1.165) is 37.3 Å². The summed E-state index contributed by atoms with van der Waals surface area (Å²) in [5, 5.41) is 3.60. The molecule has 2 aromatic heterocycles. The Morgan fingerprint density at radius 3 is 3.16 bits per heavy atom. The smallest absolute Gasteiger partial charge is 0.137 e. The molecule has 0 spiro atoms. The first-order valence-electron chi connectivity index (χ1n) is 6.92. The van der Waals surface area contributed by atoms with Crippen LogP contribution < -0.4 is 5.32 Å². The number of ether oxygens (including phenoxy) is 1. The van der Waals surface area contributed by atoms with Crippen LogP contribution in [0, 0.1) is 0 Å². The van der Waals surface area contributed by atoms with Crippen molar-refractivity contribution in [3.05, 3.63) is 36.3 Å². The lowest BCUT2D eigenvalue weighted by molar-refractivity contribution is -0.0631. The largest absolute Gasteiger partial charge is 0.375 e. The summed E-state index contributed by atoms with van der Waals surface area (Å²) in [5.74, 6) is 0. The van der Waals surface area contributed by atoms with Crippen LogP contribution in [0.2, 0.25) is 0 Å². The quantitative estimate of drug-likeness (QED) is 0.919. The standard InChI is InChI=1S/C15H21N3O/c1-15(2)9-12(6-8-19-15)16-10-13-11-18-7-4-3-5-14(18)17-13/h3-5,7,11-12,16H,6,8-10H2,1-2H3. The van der Waals surface area contributed by atoms with E-state index in [9.17, 15) is 0 Å². The molecule has 4 nitrogen and oxygen atoms in total. The molecule has 0 amide bonds. The Morgan fingerprint density at radius 1 is 1.47 bits per heavy atom. The maximum atomic E-state index is 5.74. The highest BCUT2D eigenvalue weighted by molar-refractivity contribution is 5.39. The highest BCUT2D eigenvalue weighted by atomic mass is 16.5. The zero-order chi connectivity index (χ0) is 13.3. The molecule has 0 aliphatic carbocycles. The molecule has 1 unspecified atom stereocenters. The van der Waals surface area contributed by atoms with Crippen molar-refractivity contribution in [2.45, 2.75) is 44.9 Å². The van der Waals surface area contributed by atoms with E-state index in [2.05, 4.69) is 34.7 Å². The molecule has 1 N–H and O–H groups in total. The zero-order valence-electron chi connectivity index (χ0n) is 11.6. The number of nitrogens with one attached hydrogen (secondary N) is 1. The van der Waals surface area contributed by atoms with Crippen molar-refractivity contribution in [2.75, 3.05) is 6.61 Å². The van der Waals surface area contributed by atoms with E-state index in [-0.39, 0.29) is 5.60 Å². The first kappa shape index (κ1) is 12.6. The van der Waals surface area contributed by atoms with E-state index in [1.165, 1.54) is 0 Å². The topological polar surface area (TPSA) is 38.6 Å². The molecule has 3 rings (SSSR count). The van der Waals surface area contributed by atoms with E-state index in [0.29, 0.717) is 6.04 Å². The molecule has 1 atom stereocenters. The van der Waals surface area contributed by atoms with Gasteiger partial charge < -0.3 is 14.5 Å². The van der Waals surface area contributed by atoms with Gasteiger partial charge in [0.1, 0.15) is 5.65 Å². The molecular weight excluding hydrogens is 238 g/mol. The van der Waals surface area contributed by atoms with Gasteiger partial charge in [0.05, 0.1) is 11.3 Å². The van der Waals surface area contributed by atoms with E-state index in [1.54, 1.807) is 0 Å². The van der Waals surface area contributed by atoms with Gasteiger partial charge in [0, 0.05) is 31.6 Å². The minimum Gasteiger partial charge on any atom is -0.375 e. The second kappa shape index (κ2) is 4.94. The summed E-state index contributed by atoms with van der Waals surface area (Å²) in [6.45, 7) is 5.98. The van der Waals surface area contributed by atoms with E-state index in [1.807, 2.05) is 24.4 Å². The molecule has 0 bridgehead atoms. The summed E-state index contributed by atoms with van der Waals surface area (Å²) in [4.78, 5) is 4.60. The fourth-order valence-corrected chi connectivity index (χ4v) is 2.73. The highest BCUT2D eigenvalue weighted by Gasteiger charge is 2.28. The number of imidazole rings is 1. The Morgan fingerprint density at radius 2 is 2.37 bits per heavy atom. The van der Waals surface area contributed by atoms with Crippen molar-refractivity contribution in [1.29, 1.82) is 0 Å². The van der Waals surface area contributed by atoms with Crippen molar-refractivity contribution < 1.29 is 4.74 Å². The molecule has 4 heteroatoms. The normalized spacial score (nSPS) is 22.7. The van der Waals surface area contributed by atoms with Crippen LogP contribution in [-0.4, -0.2) is 27.6 Å². The lowest BCUT2D eigenvalue weighted by Gasteiger charge is -2.35. The summed E-state index contributed by atoms with van der Waals surface area (Å²) in [6, 6.07) is 6.59. The average Bonchev–Trinajstić information content (AvgIpc) is 2.78. The van der Waals surface area contributed by atoms with Gasteiger partial charge in [-0.3, -0.25) is 0 Å². The molecule has 0 radical (unpaired) electrons. The average molecular weight is 259 g/mol. The summed E-state index contributed by atoms with van der Waals surface area (Å²) < 4.78 is 7.80. The van der Waals surface area contributed by atoms with Gasteiger partial charge in [-0.25, -0.2) is 4.98 Å². The molecule has 0 saturated carbocycles. The molecule has 3 heterocycles. The molecule has 1 saturated heterocycles. The number of nitrogens with zero attached hydrogens (tertiary/aromatic N) is 2. The Kier molecular flexibility index (Phi) is 3.29. The van der Waals surface area contributed by atoms with Gasteiger partial charge in [-0.15, -0.1) is 0 Å². The van der Waals surface area contributed by atoms with Crippen LogP contribution in [0.5, 0.6) is 0 Å². The maximum Gasteiger partial charge on any atom is 0.137 e. The van der Waals surface area contributed by atoms with E-state index in [4.69, 9.17) is 4.74 Å². The monoisotopic (exact) mass is 259 g/mol. The number of hydrogen-bond acceptors (Lipinski definition) is 3. The van der Waals surface area contributed by atoms with E-state index < -0.39 is 0 Å². The molecule has 0 aromatic carbocycles. The SMILES string of the molecule is CC1(C)CC(NCc2cn3ccccc3n2)CCO1. The zero-order valence-corrected chi connectivity index (χ0v) is 11.6. The maximum absolute atomic E-state index is 5.74. The van der Waals surface area contributed by atoms with Crippen molar-refractivity contribution in [3.8, 4) is 0 Å². The van der Waals surface area contributed by atoms with Crippen LogP contribution in [0.15, 0.2) is 30.6 Å². The van der Waals surface area contributed by atoms with Gasteiger partial charge in [-0.1, -0.05) is 6.07 Å². The fraction of sp³-hybridized carbons (Fsp3) is 0.533. The molecule has 1 aliphatic heterocycles. The highest BCUT2D eigenvalue weighted by Crippen LogP contribution is 2.24. The second-order valence-corrected chi connectivity index (χ2v) is 5.88. The lowest BCUT2D eigenvalue weighted by atomic mass is 9.94. The van der Waals surface area contributed by atoms with Crippen LogP contribution in [-0.2, 0) is 11.3 Å². The Hall–Kier alpha value is -1.39. The third kappa shape index (κ3) is 2.96. The van der Waals surface area contributed by atoms with Gasteiger partial charge in [0.25, 0.3) is 0 Å². The molecule has 1 fully saturated rings. The van der Waals surface area contributed by atoms with Crippen LogP contribution in [0.1, 0.15) is 32.4 Å². The summed E-state index contributed by atoms with van der Waals surface area (Å²) in [5.41, 5.74) is 2.09. The van der Waals surface area contributed by atoms with Gasteiger partial charge in [0.2, 0.25) is 0 Å². The van der Waals surface area contributed by atoms with Gasteiger partial charge in [-0.05, 0) is 38.8 Å². The number of pyridine rings is 1. The van der Waals surface area contributed by atoms with Crippen LogP contribution in [0.3, 0.4) is 0 Å². The van der Waals surface area contributed by atoms with Gasteiger partial charge >= 0.3 is 0 Å². The first-order valence-corrected chi connectivity index (χ1v) is 6.92. The van der Waals surface area contributed by atoms with Crippen molar-refractivity contribution in [3.63, 3.8) is 0 Å². The summed E-state index contributed by atoms with van der Waals surface area (Å²) in [7, 11) is 0. The van der Waals surface area contributed by atoms with Crippen LogP contribution in [0.4, 0.5) is 0 Å². The molecule has 102 valence electrons. The lowest BCUT2D eigenvalue weighted by Crippen LogP contribution is -2.43. The first-order chi connectivity index (χ1) is 9.12. The minimum atomic E-state index is -0.00513. The van der Waals surface area contributed by atoms with Crippen molar-refractivity contribution in [1.82, 2.24) is 14.7 Å².